The number of fused-ring (bicyclic) bond motifs is 1. The van der Waals surface area contributed by atoms with E-state index in [0.717, 1.165) is 11.1 Å². The summed E-state index contributed by atoms with van der Waals surface area (Å²) in [6.07, 6.45) is 0.684. The van der Waals surface area contributed by atoms with Crippen molar-refractivity contribution in [1.82, 2.24) is 9.97 Å². The molecule has 3 aromatic rings. The first-order valence-corrected chi connectivity index (χ1v) is 7.33. The summed E-state index contributed by atoms with van der Waals surface area (Å²) >= 11 is 0. The van der Waals surface area contributed by atoms with E-state index in [0.29, 0.717) is 23.1 Å². The van der Waals surface area contributed by atoms with Crippen LogP contribution in [0.4, 0.5) is 0 Å². The third-order valence-corrected chi connectivity index (χ3v) is 3.86. The number of hydrogen-bond donors (Lipinski definition) is 2. The summed E-state index contributed by atoms with van der Waals surface area (Å²) in [6.45, 7) is 1.84. The molecule has 2 aromatic carbocycles. The molecule has 1 heterocycles. The standard InChI is InChI=1S/C18H18N2O2/c1-12-19-17-8-7-13(10-16(17)18(22)20-12)9-15(11-21)14-5-3-2-4-6-14/h2-8,10,15,21H,9,11H2,1H3,(H,19,20,22). The van der Waals surface area contributed by atoms with Crippen LogP contribution in [-0.4, -0.2) is 21.7 Å². The van der Waals surface area contributed by atoms with Crippen LogP contribution in [0.2, 0.25) is 0 Å². The van der Waals surface area contributed by atoms with Gasteiger partial charge in [-0.15, -0.1) is 0 Å². The largest absolute Gasteiger partial charge is 0.396 e. The Morgan fingerprint density at radius 3 is 2.68 bits per heavy atom. The topological polar surface area (TPSA) is 66.0 Å². The first kappa shape index (κ1) is 14.5. The number of aromatic amines is 1. The molecule has 0 saturated carbocycles. The Hall–Kier alpha value is -2.46. The SMILES string of the molecule is Cc1nc2ccc(CC(CO)c3ccccc3)cc2c(=O)[nH]1. The summed E-state index contributed by atoms with van der Waals surface area (Å²) in [5, 5.41) is 10.3. The summed E-state index contributed by atoms with van der Waals surface area (Å²) in [6, 6.07) is 15.6. The molecule has 0 radical (unpaired) electrons. The Balaban J connectivity index is 1.95. The molecular weight excluding hydrogens is 276 g/mol. The highest BCUT2D eigenvalue weighted by molar-refractivity contribution is 5.78. The summed E-state index contributed by atoms with van der Waals surface area (Å²) in [5.41, 5.74) is 2.70. The maximum absolute atomic E-state index is 12.0. The minimum atomic E-state index is -0.121. The minimum absolute atomic E-state index is 0.0242. The number of rotatable bonds is 4. The predicted molar refractivity (Wildman–Crippen MR) is 87.1 cm³/mol. The highest BCUT2D eigenvalue weighted by Crippen LogP contribution is 2.21. The molecule has 22 heavy (non-hydrogen) atoms. The Bertz CT molecular complexity index is 841. The van der Waals surface area contributed by atoms with Gasteiger partial charge in [-0.3, -0.25) is 4.79 Å². The zero-order valence-corrected chi connectivity index (χ0v) is 12.4. The Morgan fingerprint density at radius 1 is 1.18 bits per heavy atom. The lowest BCUT2D eigenvalue weighted by Gasteiger charge is -2.15. The van der Waals surface area contributed by atoms with Crippen molar-refractivity contribution < 1.29 is 5.11 Å². The van der Waals surface area contributed by atoms with Gasteiger partial charge in [-0.1, -0.05) is 36.4 Å². The van der Waals surface area contributed by atoms with E-state index in [4.69, 9.17) is 0 Å². The number of aromatic nitrogens is 2. The molecule has 1 unspecified atom stereocenters. The van der Waals surface area contributed by atoms with Gasteiger partial charge in [0.2, 0.25) is 0 Å². The van der Waals surface area contributed by atoms with Crippen molar-refractivity contribution >= 4 is 10.9 Å². The second-order valence-corrected chi connectivity index (χ2v) is 5.50. The third-order valence-electron chi connectivity index (χ3n) is 3.86. The number of aryl methyl sites for hydroxylation is 1. The van der Waals surface area contributed by atoms with Crippen LogP contribution in [0.15, 0.2) is 53.3 Å². The third kappa shape index (κ3) is 2.92. The van der Waals surface area contributed by atoms with E-state index < -0.39 is 0 Å². The molecule has 0 saturated heterocycles. The van der Waals surface area contributed by atoms with Crippen molar-refractivity contribution in [3.05, 3.63) is 75.8 Å². The van der Waals surface area contributed by atoms with Crippen LogP contribution in [0.25, 0.3) is 10.9 Å². The first-order valence-electron chi connectivity index (χ1n) is 7.33. The van der Waals surface area contributed by atoms with Crippen LogP contribution in [0.5, 0.6) is 0 Å². The Kier molecular flexibility index (Phi) is 4.02. The van der Waals surface area contributed by atoms with Crippen molar-refractivity contribution in [2.75, 3.05) is 6.61 Å². The molecule has 112 valence electrons. The van der Waals surface area contributed by atoms with E-state index in [2.05, 4.69) is 9.97 Å². The van der Waals surface area contributed by atoms with Gasteiger partial charge in [-0.2, -0.15) is 0 Å². The molecule has 4 heteroatoms. The second-order valence-electron chi connectivity index (χ2n) is 5.50. The number of H-pyrrole nitrogens is 1. The lowest BCUT2D eigenvalue weighted by Crippen LogP contribution is -2.11. The van der Waals surface area contributed by atoms with E-state index in [9.17, 15) is 9.90 Å². The number of aliphatic hydroxyl groups is 1. The van der Waals surface area contributed by atoms with E-state index in [1.165, 1.54) is 0 Å². The highest BCUT2D eigenvalue weighted by Gasteiger charge is 2.12. The molecule has 0 aliphatic heterocycles. The van der Waals surface area contributed by atoms with Gasteiger partial charge in [0, 0.05) is 5.92 Å². The van der Waals surface area contributed by atoms with Crippen molar-refractivity contribution in [1.29, 1.82) is 0 Å². The molecule has 0 aliphatic rings. The Labute approximate surface area is 128 Å². The van der Waals surface area contributed by atoms with E-state index in [-0.39, 0.29) is 18.1 Å². The lowest BCUT2D eigenvalue weighted by atomic mass is 9.92. The normalized spacial score (nSPS) is 12.5. The lowest BCUT2D eigenvalue weighted by molar-refractivity contribution is 0.264. The molecule has 0 aliphatic carbocycles. The molecule has 1 atom stereocenters. The van der Waals surface area contributed by atoms with E-state index >= 15 is 0 Å². The Morgan fingerprint density at radius 2 is 1.95 bits per heavy atom. The maximum Gasteiger partial charge on any atom is 0.258 e. The fraction of sp³-hybridized carbons (Fsp3) is 0.222. The summed E-state index contributed by atoms with van der Waals surface area (Å²) in [4.78, 5) is 19.1. The molecular formula is C18H18N2O2. The fourth-order valence-corrected chi connectivity index (χ4v) is 2.73. The van der Waals surface area contributed by atoms with E-state index in [1.807, 2.05) is 48.5 Å². The number of nitrogens with zero attached hydrogens (tertiary/aromatic N) is 1. The molecule has 0 bridgehead atoms. The van der Waals surface area contributed by atoms with Crippen LogP contribution in [0, 0.1) is 6.92 Å². The van der Waals surface area contributed by atoms with Crippen LogP contribution >= 0.6 is 0 Å². The minimum Gasteiger partial charge on any atom is -0.396 e. The molecule has 2 N–H and O–H groups in total. The molecule has 0 fully saturated rings. The highest BCUT2D eigenvalue weighted by atomic mass is 16.3. The van der Waals surface area contributed by atoms with Crippen LogP contribution < -0.4 is 5.56 Å². The molecule has 1 aromatic heterocycles. The zero-order valence-electron chi connectivity index (χ0n) is 12.4. The zero-order chi connectivity index (χ0) is 15.5. The fourth-order valence-electron chi connectivity index (χ4n) is 2.73. The summed E-state index contributed by atoms with van der Waals surface area (Å²) in [5.74, 6) is 0.638. The number of hydrogen-bond acceptors (Lipinski definition) is 3. The summed E-state index contributed by atoms with van der Waals surface area (Å²) in [7, 11) is 0. The van der Waals surface area contributed by atoms with Crippen molar-refractivity contribution in [3.8, 4) is 0 Å². The average Bonchev–Trinajstić information content (AvgIpc) is 2.53. The van der Waals surface area contributed by atoms with Gasteiger partial charge in [-0.05, 0) is 36.6 Å². The van der Waals surface area contributed by atoms with Crippen molar-refractivity contribution in [2.45, 2.75) is 19.3 Å². The second kappa shape index (κ2) is 6.12. The number of benzene rings is 2. The van der Waals surface area contributed by atoms with Gasteiger partial charge < -0.3 is 10.1 Å². The molecule has 0 spiro atoms. The smallest absolute Gasteiger partial charge is 0.258 e. The number of nitrogens with one attached hydrogen (secondary N) is 1. The number of aliphatic hydroxyl groups excluding tert-OH is 1. The maximum atomic E-state index is 12.0. The average molecular weight is 294 g/mol. The molecule has 4 nitrogen and oxygen atoms in total. The van der Waals surface area contributed by atoms with E-state index in [1.54, 1.807) is 6.92 Å². The van der Waals surface area contributed by atoms with Gasteiger partial charge >= 0.3 is 0 Å². The van der Waals surface area contributed by atoms with Gasteiger partial charge in [0.05, 0.1) is 17.5 Å². The van der Waals surface area contributed by atoms with Crippen molar-refractivity contribution in [3.63, 3.8) is 0 Å². The van der Waals surface area contributed by atoms with Gasteiger partial charge in [0.25, 0.3) is 5.56 Å². The van der Waals surface area contributed by atoms with Crippen LogP contribution in [0.1, 0.15) is 22.9 Å². The quantitative estimate of drug-likeness (QED) is 0.777. The van der Waals surface area contributed by atoms with Gasteiger partial charge in [0.1, 0.15) is 5.82 Å². The van der Waals surface area contributed by atoms with Crippen LogP contribution in [0.3, 0.4) is 0 Å². The molecule has 3 rings (SSSR count). The monoisotopic (exact) mass is 294 g/mol. The predicted octanol–water partition coefficient (Wildman–Crippen LogP) is 2.55. The van der Waals surface area contributed by atoms with Crippen molar-refractivity contribution in [2.24, 2.45) is 0 Å². The van der Waals surface area contributed by atoms with Gasteiger partial charge in [0.15, 0.2) is 0 Å². The summed E-state index contributed by atoms with van der Waals surface area (Å²) < 4.78 is 0. The van der Waals surface area contributed by atoms with Crippen LogP contribution in [-0.2, 0) is 6.42 Å². The molecule has 0 amide bonds. The van der Waals surface area contributed by atoms with Gasteiger partial charge in [-0.25, -0.2) is 4.98 Å². The first-order chi connectivity index (χ1) is 10.7.